The van der Waals surface area contributed by atoms with Gasteiger partial charge in [-0.2, -0.15) is 0 Å². The zero-order chi connectivity index (χ0) is 13.3. The van der Waals surface area contributed by atoms with Crippen LogP contribution in [0.3, 0.4) is 0 Å². The van der Waals surface area contributed by atoms with E-state index in [0.29, 0.717) is 0 Å². The van der Waals surface area contributed by atoms with Crippen molar-refractivity contribution in [2.24, 2.45) is 5.73 Å². The molecule has 0 saturated carbocycles. The van der Waals surface area contributed by atoms with Gasteiger partial charge < -0.3 is 15.7 Å². The molecule has 0 bridgehead atoms. The van der Waals surface area contributed by atoms with Gasteiger partial charge in [0.05, 0.1) is 16.7 Å². The van der Waals surface area contributed by atoms with Gasteiger partial charge in [0.1, 0.15) is 6.04 Å². The molecule has 18 heavy (non-hydrogen) atoms. The minimum atomic E-state index is -0.795. The van der Waals surface area contributed by atoms with E-state index in [1.54, 1.807) is 0 Å². The smallest absolute Gasteiger partial charge is 0.256 e. The molecule has 3 N–H and O–H groups in total. The van der Waals surface area contributed by atoms with Crippen LogP contribution in [0.4, 0.5) is 0 Å². The third-order valence-corrected chi connectivity index (χ3v) is 3.17. The Bertz CT molecular complexity index is 494. The SMILES string of the molecule is NC(=O)C1CC(O)CN1C(=O)c1ccncc1Cl. The van der Waals surface area contributed by atoms with Gasteiger partial charge in [0.15, 0.2) is 0 Å². The van der Waals surface area contributed by atoms with Crippen LogP contribution in [0.1, 0.15) is 16.8 Å². The Labute approximate surface area is 108 Å². The number of hydrogen-bond donors (Lipinski definition) is 2. The van der Waals surface area contributed by atoms with Gasteiger partial charge in [-0.1, -0.05) is 11.6 Å². The Morgan fingerprint density at radius 3 is 2.89 bits per heavy atom. The number of hydrogen-bond acceptors (Lipinski definition) is 4. The topological polar surface area (TPSA) is 96.5 Å². The number of primary amides is 1. The average Bonchev–Trinajstić information content (AvgIpc) is 2.71. The molecule has 7 heteroatoms. The van der Waals surface area contributed by atoms with E-state index in [-0.39, 0.29) is 23.6 Å². The van der Waals surface area contributed by atoms with E-state index in [1.165, 1.54) is 23.4 Å². The first-order valence-electron chi connectivity index (χ1n) is 5.38. The van der Waals surface area contributed by atoms with E-state index in [1.807, 2.05) is 0 Å². The lowest BCUT2D eigenvalue weighted by atomic mass is 10.1. The van der Waals surface area contributed by atoms with Crippen LogP contribution in [-0.4, -0.2) is 45.5 Å². The summed E-state index contributed by atoms with van der Waals surface area (Å²) in [6.07, 6.45) is 2.20. The van der Waals surface area contributed by atoms with Crippen LogP contribution in [0.15, 0.2) is 18.5 Å². The molecule has 1 fully saturated rings. The van der Waals surface area contributed by atoms with Gasteiger partial charge >= 0.3 is 0 Å². The molecule has 2 amide bonds. The lowest BCUT2D eigenvalue weighted by Crippen LogP contribution is -2.43. The van der Waals surface area contributed by atoms with Crippen LogP contribution >= 0.6 is 11.6 Å². The van der Waals surface area contributed by atoms with Crippen LogP contribution in [0.5, 0.6) is 0 Å². The molecule has 1 aliphatic rings. The summed E-state index contributed by atoms with van der Waals surface area (Å²) in [5.41, 5.74) is 5.46. The van der Waals surface area contributed by atoms with Crippen molar-refractivity contribution in [1.29, 1.82) is 0 Å². The number of rotatable bonds is 2. The monoisotopic (exact) mass is 269 g/mol. The number of nitrogens with zero attached hydrogens (tertiary/aromatic N) is 2. The highest BCUT2D eigenvalue weighted by Gasteiger charge is 2.38. The lowest BCUT2D eigenvalue weighted by Gasteiger charge is -2.22. The molecule has 0 aliphatic carbocycles. The van der Waals surface area contributed by atoms with Gasteiger partial charge in [-0.25, -0.2) is 0 Å². The first-order chi connectivity index (χ1) is 8.50. The number of carbonyl (C=O) groups excluding carboxylic acids is 2. The highest BCUT2D eigenvalue weighted by Crippen LogP contribution is 2.23. The van der Waals surface area contributed by atoms with E-state index >= 15 is 0 Å². The predicted molar refractivity (Wildman–Crippen MR) is 63.9 cm³/mol. The molecule has 2 heterocycles. The van der Waals surface area contributed by atoms with Gasteiger partial charge in [-0.3, -0.25) is 14.6 Å². The zero-order valence-electron chi connectivity index (χ0n) is 9.41. The quantitative estimate of drug-likeness (QED) is 0.777. The van der Waals surface area contributed by atoms with Crippen LogP contribution in [0.2, 0.25) is 5.02 Å². The number of nitrogens with two attached hydrogens (primary N) is 1. The maximum atomic E-state index is 12.2. The Hall–Kier alpha value is -1.66. The number of amides is 2. The van der Waals surface area contributed by atoms with Crippen molar-refractivity contribution in [3.8, 4) is 0 Å². The maximum absolute atomic E-state index is 12.2. The predicted octanol–water partition coefficient (Wildman–Crippen LogP) is -0.204. The zero-order valence-corrected chi connectivity index (χ0v) is 10.2. The van der Waals surface area contributed by atoms with E-state index in [9.17, 15) is 14.7 Å². The Kier molecular flexibility index (Phi) is 3.49. The minimum Gasteiger partial charge on any atom is -0.391 e. The molecule has 1 aromatic rings. The van der Waals surface area contributed by atoms with E-state index in [2.05, 4.69) is 4.98 Å². The highest BCUT2D eigenvalue weighted by molar-refractivity contribution is 6.33. The minimum absolute atomic E-state index is 0.0745. The Morgan fingerprint density at radius 2 is 2.28 bits per heavy atom. The molecule has 2 unspecified atom stereocenters. The summed E-state index contributed by atoms with van der Waals surface area (Å²) in [6, 6.07) is 0.671. The number of β-amino-alcohol motifs (C(OH)–C–C–N with tert-alkyl or cyclic N) is 1. The highest BCUT2D eigenvalue weighted by atomic mass is 35.5. The fourth-order valence-corrected chi connectivity index (χ4v) is 2.21. The second-order valence-corrected chi connectivity index (χ2v) is 4.53. The molecule has 2 atom stereocenters. The van der Waals surface area contributed by atoms with Crippen LogP contribution in [-0.2, 0) is 4.79 Å². The van der Waals surface area contributed by atoms with Crippen LogP contribution < -0.4 is 5.73 Å². The van der Waals surface area contributed by atoms with Crippen LogP contribution in [0, 0.1) is 0 Å². The Morgan fingerprint density at radius 1 is 1.56 bits per heavy atom. The van der Waals surface area contributed by atoms with Gasteiger partial charge in [-0.05, 0) is 6.07 Å². The summed E-state index contributed by atoms with van der Waals surface area (Å²) in [7, 11) is 0. The van der Waals surface area contributed by atoms with Gasteiger partial charge in [0, 0.05) is 25.4 Å². The number of aliphatic hydroxyl groups excluding tert-OH is 1. The van der Waals surface area contributed by atoms with Crippen molar-refractivity contribution in [3.63, 3.8) is 0 Å². The fraction of sp³-hybridized carbons (Fsp3) is 0.364. The number of aliphatic hydroxyl groups is 1. The number of aromatic nitrogens is 1. The van der Waals surface area contributed by atoms with Gasteiger partial charge in [0.25, 0.3) is 5.91 Å². The molecule has 1 saturated heterocycles. The summed E-state index contributed by atoms with van der Waals surface area (Å²) in [6.45, 7) is 0.0745. The standard InChI is InChI=1S/C11H12ClN3O3/c12-8-4-14-2-1-7(8)11(18)15-5-6(16)3-9(15)10(13)17/h1-2,4,6,9,16H,3,5H2,(H2,13,17). The summed E-state index contributed by atoms with van der Waals surface area (Å²) in [5, 5.41) is 9.74. The molecular weight excluding hydrogens is 258 g/mol. The van der Waals surface area contributed by atoms with Gasteiger partial charge in [0.2, 0.25) is 5.91 Å². The summed E-state index contributed by atoms with van der Waals surface area (Å²) < 4.78 is 0. The Balaban J connectivity index is 2.28. The average molecular weight is 270 g/mol. The van der Waals surface area contributed by atoms with Crippen molar-refractivity contribution in [3.05, 3.63) is 29.0 Å². The molecule has 96 valence electrons. The van der Waals surface area contributed by atoms with E-state index in [4.69, 9.17) is 17.3 Å². The number of pyridine rings is 1. The molecule has 0 spiro atoms. The molecule has 0 radical (unpaired) electrons. The fourth-order valence-electron chi connectivity index (χ4n) is 2.01. The van der Waals surface area contributed by atoms with Crippen molar-refractivity contribution in [1.82, 2.24) is 9.88 Å². The maximum Gasteiger partial charge on any atom is 0.256 e. The molecular formula is C11H12ClN3O3. The number of likely N-dealkylation sites (tertiary alicyclic amines) is 1. The lowest BCUT2D eigenvalue weighted by molar-refractivity contribution is -0.121. The second-order valence-electron chi connectivity index (χ2n) is 4.12. The van der Waals surface area contributed by atoms with Crippen LogP contribution in [0.25, 0.3) is 0 Å². The molecule has 1 aliphatic heterocycles. The summed E-state index contributed by atoms with van der Waals surface area (Å²) in [5.74, 6) is -1.06. The summed E-state index contributed by atoms with van der Waals surface area (Å²) in [4.78, 5) is 28.5. The molecule has 2 rings (SSSR count). The van der Waals surface area contributed by atoms with Crippen molar-refractivity contribution in [2.75, 3.05) is 6.54 Å². The molecule has 0 aromatic carbocycles. The van der Waals surface area contributed by atoms with E-state index < -0.39 is 24.0 Å². The number of carbonyl (C=O) groups is 2. The first-order valence-corrected chi connectivity index (χ1v) is 5.76. The molecule has 1 aromatic heterocycles. The molecule has 6 nitrogen and oxygen atoms in total. The van der Waals surface area contributed by atoms with E-state index in [0.717, 1.165) is 0 Å². The number of halogens is 1. The largest absolute Gasteiger partial charge is 0.391 e. The normalized spacial score (nSPS) is 23.1. The van der Waals surface area contributed by atoms with Crippen molar-refractivity contribution in [2.45, 2.75) is 18.6 Å². The van der Waals surface area contributed by atoms with Gasteiger partial charge in [-0.15, -0.1) is 0 Å². The van der Waals surface area contributed by atoms with Crippen molar-refractivity contribution >= 4 is 23.4 Å². The third-order valence-electron chi connectivity index (χ3n) is 2.87. The first kappa shape index (κ1) is 12.8. The van der Waals surface area contributed by atoms with Crippen molar-refractivity contribution < 1.29 is 14.7 Å². The summed E-state index contributed by atoms with van der Waals surface area (Å²) >= 11 is 5.87. The second kappa shape index (κ2) is 4.91. The third kappa shape index (κ3) is 2.30.